The van der Waals surface area contributed by atoms with E-state index in [4.69, 9.17) is 9.40 Å². The van der Waals surface area contributed by atoms with E-state index < -0.39 is 0 Å². The van der Waals surface area contributed by atoms with Crippen LogP contribution in [0.3, 0.4) is 0 Å². The number of benzene rings is 5. The minimum absolute atomic E-state index is 0.0913. The summed E-state index contributed by atoms with van der Waals surface area (Å²) in [5, 5.41) is 13.2. The van der Waals surface area contributed by atoms with Crippen molar-refractivity contribution in [2.24, 2.45) is 0 Å². The number of nitrogens with zero attached hydrogens (tertiary/aromatic N) is 3. The van der Waals surface area contributed by atoms with Gasteiger partial charge in [-0.3, -0.25) is 0 Å². The average molecular weight is 652 g/mol. The van der Waals surface area contributed by atoms with E-state index in [0.29, 0.717) is 11.8 Å². The lowest BCUT2D eigenvalue weighted by atomic mass is 9.87. The highest BCUT2D eigenvalue weighted by Gasteiger charge is 2.17. The molecule has 40 heavy (non-hydrogen) atoms. The number of halogens is 2. The number of fused-ring (bicyclic) bond motifs is 6. The number of hydrogen-bond donors (Lipinski definition) is 1. The highest BCUT2D eigenvalue weighted by molar-refractivity contribution is 9.10. The maximum absolute atomic E-state index is 6.04. The number of nitrogens with one attached hydrogen (secondary N) is 1. The van der Waals surface area contributed by atoms with Crippen LogP contribution in [0.2, 0.25) is 0 Å². The van der Waals surface area contributed by atoms with Crippen molar-refractivity contribution in [3.63, 3.8) is 0 Å². The zero-order valence-corrected chi connectivity index (χ0v) is 25.3. The minimum Gasteiger partial charge on any atom is -0.416 e. The van der Waals surface area contributed by atoms with Gasteiger partial charge in [0.1, 0.15) is 5.82 Å². The van der Waals surface area contributed by atoms with E-state index in [1.54, 1.807) is 0 Å². The number of aromatic nitrogens is 4. The van der Waals surface area contributed by atoms with Crippen LogP contribution in [-0.4, -0.2) is 20.2 Å². The van der Waals surface area contributed by atoms with Crippen molar-refractivity contribution in [3.8, 4) is 34.3 Å². The molecule has 196 valence electrons. The molecule has 0 saturated heterocycles. The smallest absolute Gasteiger partial charge is 0.248 e. The van der Waals surface area contributed by atoms with Gasteiger partial charge in [-0.1, -0.05) is 89.0 Å². The SMILES string of the molecule is CC(C)(C)c1ccc(-c2nnc(-c3ccc(-c4nc5c6cc(Br)ccc6c6ccc(Br)cc6c5[nH]4)cc3)o2)cc1. The zero-order chi connectivity index (χ0) is 27.6. The van der Waals surface area contributed by atoms with Gasteiger partial charge in [-0.05, 0) is 70.3 Å². The number of rotatable bonds is 3. The molecular formula is C33H24Br2N4O. The highest BCUT2D eigenvalue weighted by atomic mass is 79.9. The number of imidazole rings is 1. The molecule has 0 aliphatic rings. The molecule has 2 aromatic heterocycles. The number of hydrogen-bond acceptors (Lipinski definition) is 4. The van der Waals surface area contributed by atoms with E-state index in [2.05, 4.69) is 116 Å². The van der Waals surface area contributed by atoms with Crippen molar-refractivity contribution in [3.05, 3.63) is 99.4 Å². The molecule has 0 spiro atoms. The van der Waals surface area contributed by atoms with Crippen LogP contribution >= 0.6 is 31.9 Å². The fourth-order valence-corrected chi connectivity index (χ4v) is 5.87. The summed E-state index contributed by atoms with van der Waals surface area (Å²) in [6, 6.07) is 29.1. The predicted octanol–water partition coefficient (Wildman–Crippen LogP) is 10.1. The molecule has 0 aliphatic heterocycles. The summed E-state index contributed by atoms with van der Waals surface area (Å²) < 4.78 is 8.09. The third-order valence-corrected chi connectivity index (χ3v) is 8.30. The Morgan fingerprint density at radius 2 is 1.15 bits per heavy atom. The predicted molar refractivity (Wildman–Crippen MR) is 169 cm³/mol. The molecule has 0 atom stereocenters. The van der Waals surface area contributed by atoms with Gasteiger partial charge in [-0.2, -0.15) is 0 Å². The second-order valence-corrected chi connectivity index (χ2v) is 12.8. The van der Waals surface area contributed by atoms with Gasteiger partial charge in [-0.25, -0.2) is 4.98 Å². The molecule has 0 unspecified atom stereocenters. The van der Waals surface area contributed by atoms with Crippen molar-refractivity contribution in [1.82, 2.24) is 20.2 Å². The first kappa shape index (κ1) is 25.2. The Bertz CT molecular complexity index is 1970. The Labute approximate surface area is 247 Å². The summed E-state index contributed by atoms with van der Waals surface area (Å²) in [6.07, 6.45) is 0. The molecule has 0 radical (unpaired) electrons. The Hall–Kier alpha value is -3.81. The van der Waals surface area contributed by atoms with E-state index in [9.17, 15) is 0 Å². The second kappa shape index (κ2) is 9.39. The molecule has 7 aromatic rings. The summed E-state index contributed by atoms with van der Waals surface area (Å²) in [7, 11) is 0. The first-order chi connectivity index (χ1) is 19.2. The maximum atomic E-state index is 6.04. The van der Waals surface area contributed by atoms with Crippen LogP contribution in [0.15, 0.2) is 98.3 Å². The third kappa shape index (κ3) is 4.34. The summed E-state index contributed by atoms with van der Waals surface area (Å²) >= 11 is 7.28. The molecule has 0 saturated carbocycles. The van der Waals surface area contributed by atoms with E-state index in [1.165, 1.54) is 16.3 Å². The van der Waals surface area contributed by atoms with Crippen molar-refractivity contribution in [1.29, 1.82) is 0 Å². The van der Waals surface area contributed by atoms with Gasteiger partial charge in [0.25, 0.3) is 0 Å². The van der Waals surface area contributed by atoms with Crippen LogP contribution in [-0.2, 0) is 5.41 Å². The quantitative estimate of drug-likeness (QED) is 0.193. The van der Waals surface area contributed by atoms with Crippen molar-refractivity contribution >= 4 is 64.4 Å². The van der Waals surface area contributed by atoms with E-state index in [-0.39, 0.29) is 5.41 Å². The molecule has 2 heterocycles. The van der Waals surface area contributed by atoms with Crippen LogP contribution in [0.25, 0.3) is 66.9 Å². The largest absolute Gasteiger partial charge is 0.416 e. The Balaban J connectivity index is 1.25. The second-order valence-electron chi connectivity index (χ2n) is 11.0. The van der Waals surface area contributed by atoms with E-state index in [0.717, 1.165) is 53.3 Å². The standard InChI is InChI=1S/C33H24Br2N4O/c1-33(2,3)21-10-8-20(9-11-21)32-39-38-31(40-32)19-6-4-18(5-7-19)30-36-28-26-16-22(34)12-14-24(26)25-15-13-23(35)17-27(25)29(28)37-30/h4-17H,1-3H3,(H,36,37). The van der Waals surface area contributed by atoms with E-state index >= 15 is 0 Å². The number of H-pyrrole nitrogens is 1. The molecule has 0 bridgehead atoms. The van der Waals surface area contributed by atoms with Crippen LogP contribution in [0.1, 0.15) is 26.3 Å². The molecule has 5 aromatic carbocycles. The van der Waals surface area contributed by atoms with Gasteiger partial charge in [-0.15, -0.1) is 10.2 Å². The summed E-state index contributed by atoms with van der Waals surface area (Å²) in [4.78, 5) is 8.65. The third-order valence-electron chi connectivity index (χ3n) is 7.31. The van der Waals surface area contributed by atoms with Crippen molar-refractivity contribution < 1.29 is 4.42 Å². The molecule has 7 heteroatoms. The topological polar surface area (TPSA) is 67.6 Å². The van der Waals surface area contributed by atoms with Crippen LogP contribution in [0.4, 0.5) is 0 Å². The van der Waals surface area contributed by atoms with Crippen LogP contribution in [0, 0.1) is 0 Å². The summed E-state index contributed by atoms with van der Waals surface area (Å²) in [5.41, 5.74) is 6.05. The van der Waals surface area contributed by atoms with Gasteiger partial charge < -0.3 is 9.40 Å². The fraction of sp³-hybridized carbons (Fsp3) is 0.121. The Kier molecular flexibility index (Phi) is 5.91. The van der Waals surface area contributed by atoms with Gasteiger partial charge in [0, 0.05) is 36.4 Å². The lowest BCUT2D eigenvalue weighted by molar-refractivity contribution is 0.582. The lowest BCUT2D eigenvalue weighted by Crippen LogP contribution is -2.10. The molecule has 1 N–H and O–H groups in total. The lowest BCUT2D eigenvalue weighted by Gasteiger charge is -2.18. The van der Waals surface area contributed by atoms with Crippen molar-refractivity contribution in [2.75, 3.05) is 0 Å². The summed E-state index contributed by atoms with van der Waals surface area (Å²) in [6.45, 7) is 6.60. The Morgan fingerprint density at radius 1 is 0.625 bits per heavy atom. The van der Waals surface area contributed by atoms with Crippen LogP contribution < -0.4 is 0 Å². The molecule has 7 rings (SSSR count). The first-order valence-electron chi connectivity index (χ1n) is 13.0. The van der Waals surface area contributed by atoms with Gasteiger partial charge in [0.2, 0.25) is 11.8 Å². The van der Waals surface area contributed by atoms with Gasteiger partial charge >= 0.3 is 0 Å². The molecule has 0 amide bonds. The average Bonchev–Trinajstić information content (AvgIpc) is 3.62. The Morgan fingerprint density at radius 3 is 1.75 bits per heavy atom. The maximum Gasteiger partial charge on any atom is 0.248 e. The van der Waals surface area contributed by atoms with Crippen molar-refractivity contribution in [2.45, 2.75) is 26.2 Å². The number of aromatic amines is 1. The fourth-order valence-electron chi connectivity index (χ4n) is 5.15. The normalized spacial score (nSPS) is 12.1. The zero-order valence-electron chi connectivity index (χ0n) is 22.1. The molecular weight excluding hydrogens is 628 g/mol. The monoisotopic (exact) mass is 650 g/mol. The molecule has 0 aliphatic carbocycles. The van der Waals surface area contributed by atoms with E-state index in [1.807, 2.05) is 36.4 Å². The van der Waals surface area contributed by atoms with Gasteiger partial charge in [0.15, 0.2) is 0 Å². The molecule has 5 nitrogen and oxygen atoms in total. The minimum atomic E-state index is 0.0913. The molecule has 0 fully saturated rings. The first-order valence-corrected chi connectivity index (χ1v) is 14.6. The summed E-state index contributed by atoms with van der Waals surface area (Å²) in [5.74, 6) is 1.80. The van der Waals surface area contributed by atoms with Crippen LogP contribution in [0.5, 0.6) is 0 Å². The van der Waals surface area contributed by atoms with Gasteiger partial charge in [0.05, 0.1) is 11.0 Å². The highest BCUT2D eigenvalue weighted by Crippen LogP contribution is 2.38.